The summed E-state index contributed by atoms with van der Waals surface area (Å²) in [7, 11) is 0. The highest BCUT2D eigenvalue weighted by Crippen LogP contribution is 2.54. The van der Waals surface area contributed by atoms with Gasteiger partial charge in [-0.15, -0.1) is 10.2 Å². The SMILES string of the molecule is C=C(CN[C@@H](C)CC1(c2nn[nH]n2)c2ccc(C(N)=O)cc2-c2cc(C(N)=O)ccc21)N1CCCC1C#N. The second-order valence-corrected chi connectivity index (χ2v) is 9.92. The van der Waals surface area contributed by atoms with Crippen LogP contribution in [0, 0.1) is 11.3 Å². The fourth-order valence-electron chi connectivity index (χ4n) is 5.83. The number of nitrogens with zero attached hydrogens (tertiary/aromatic N) is 5. The maximum absolute atomic E-state index is 12.0. The topological polar surface area (TPSA) is 180 Å². The number of hydrogen-bond acceptors (Lipinski definition) is 8. The van der Waals surface area contributed by atoms with E-state index in [-0.39, 0.29) is 12.1 Å². The third-order valence-corrected chi connectivity index (χ3v) is 7.62. The molecule has 38 heavy (non-hydrogen) atoms. The molecule has 1 aromatic heterocycles. The molecule has 3 aromatic rings. The molecule has 1 saturated heterocycles. The summed E-state index contributed by atoms with van der Waals surface area (Å²) in [4.78, 5) is 26.1. The lowest BCUT2D eigenvalue weighted by Crippen LogP contribution is -2.41. The fraction of sp³-hybridized carbons (Fsp3) is 0.333. The summed E-state index contributed by atoms with van der Waals surface area (Å²) < 4.78 is 0. The molecule has 1 aliphatic heterocycles. The number of nitrogens with two attached hydrogens (primary N) is 2. The van der Waals surface area contributed by atoms with Gasteiger partial charge in [0.05, 0.1) is 11.5 Å². The van der Waals surface area contributed by atoms with Gasteiger partial charge in [-0.05, 0) is 72.7 Å². The number of aromatic amines is 1. The summed E-state index contributed by atoms with van der Waals surface area (Å²) in [6.45, 7) is 7.62. The molecule has 5 rings (SSSR count). The molecule has 0 radical (unpaired) electrons. The maximum atomic E-state index is 12.0. The number of H-pyrrole nitrogens is 1. The van der Waals surface area contributed by atoms with E-state index in [0.717, 1.165) is 47.3 Å². The van der Waals surface area contributed by atoms with Crippen LogP contribution in [-0.2, 0) is 5.41 Å². The van der Waals surface area contributed by atoms with E-state index in [0.29, 0.717) is 29.9 Å². The predicted octanol–water partition coefficient (Wildman–Crippen LogP) is 1.58. The molecule has 2 amide bonds. The third-order valence-electron chi connectivity index (χ3n) is 7.62. The highest BCUT2D eigenvalue weighted by molar-refractivity contribution is 5.98. The predicted molar refractivity (Wildman–Crippen MR) is 140 cm³/mol. The van der Waals surface area contributed by atoms with E-state index in [4.69, 9.17) is 11.5 Å². The van der Waals surface area contributed by atoms with Gasteiger partial charge < -0.3 is 21.7 Å². The Balaban J connectivity index is 1.55. The standard InChI is InChI=1S/C27H29N9O2/c1-15(31-14-16(2)36-9-3-4-19(36)13-28)12-27(26-32-34-35-33-26)22-7-5-17(24(29)37)10-20(22)21-11-18(25(30)38)6-8-23(21)27/h5-8,10-11,15,19,31H,2-4,9,12,14H2,1H3,(H2,29,37)(H2,30,38)(H,32,33,34,35)/t15-,19?/m0/s1. The first-order valence-electron chi connectivity index (χ1n) is 12.5. The number of carbonyl (C=O) groups is 2. The van der Waals surface area contributed by atoms with Crippen molar-refractivity contribution in [3.63, 3.8) is 0 Å². The zero-order chi connectivity index (χ0) is 27.0. The van der Waals surface area contributed by atoms with Crippen molar-refractivity contribution in [2.45, 2.75) is 43.7 Å². The minimum atomic E-state index is -0.833. The number of nitrogens with one attached hydrogen (secondary N) is 2. The van der Waals surface area contributed by atoms with Gasteiger partial charge in [-0.1, -0.05) is 23.9 Å². The summed E-state index contributed by atoms with van der Waals surface area (Å²) in [5.74, 6) is -0.639. The van der Waals surface area contributed by atoms with Crippen LogP contribution in [0.4, 0.5) is 0 Å². The molecule has 2 aliphatic rings. The molecule has 0 spiro atoms. The molecule has 11 heteroatoms. The van der Waals surface area contributed by atoms with Gasteiger partial charge in [0.15, 0.2) is 5.82 Å². The summed E-state index contributed by atoms with van der Waals surface area (Å²) in [5, 5.41) is 28.2. The van der Waals surface area contributed by atoms with Gasteiger partial charge in [0.25, 0.3) is 0 Å². The molecule has 1 fully saturated rings. The Hall–Kier alpha value is -4.56. The molecule has 1 unspecified atom stereocenters. The van der Waals surface area contributed by atoms with Crippen LogP contribution in [0.1, 0.15) is 63.9 Å². The number of rotatable bonds is 9. The van der Waals surface area contributed by atoms with Gasteiger partial charge >= 0.3 is 0 Å². The van der Waals surface area contributed by atoms with Crippen molar-refractivity contribution in [3.8, 4) is 17.2 Å². The Kier molecular flexibility index (Phi) is 6.42. The molecule has 194 valence electrons. The van der Waals surface area contributed by atoms with E-state index in [1.54, 1.807) is 24.3 Å². The number of primary amides is 2. The average molecular weight is 512 g/mol. The molecule has 0 saturated carbocycles. The number of aromatic nitrogens is 4. The largest absolute Gasteiger partial charge is 0.366 e. The van der Waals surface area contributed by atoms with Crippen molar-refractivity contribution in [3.05, 3.63) is 76.8 Å². The number of tetrazole rings is 1. The Labute approximate surface area is 219 Å². The Morgan fingerprint density at radius 3 is 2.37 bits per heavy atom. The number of carbonyl (C=O) groups excluding carboxylic acids is 2. The van der Waals surface area contributed by atoms with Crippen LogP contribution in [0.25, 0.3) is 11.1 Å². The second kappa shape index (κ2) is 9.72. The fourth-order valence-corrected chi connectivity index (χ4v) is 5.83. The first-order valence-corrected chi connectivity index (χ1v) is 12.5. The van der Waals surface area contributed by atoms with Gasteiger partial charge in [-0.3, -0.25) is 9.59 Å². The van der Waals surface area contributed by atoms with E-state index in [9.17, 15) is 14.9 Å². The smallest absolute Gasteiger partial charge is 0.248 e. The van der Waals surface area contributed by atoms with E-state index in [1.165, 1.54) is 0 Å². The van der Waals surface area contributed by atoms with Crippen LogP contribution in [0.5, 0.6) is 0 Å². The zero-order valence-corrected chi connectivity index (χ0v) is 21.1. The van der Waals surface area contributed by atoms with Crippen LogP contribution in [0.15, 0.2) is 48.7 Å². The minimum Gasteiger partial charge on any atom is -0.366 e. The average Bonchev–Trinajstić information content (AvgIpc) is 3.66. The highest BCUT2D eigenvalue weighted by Gasteiger charge is 2.49. The summed E-state index contributed by atoms with van der Waals surface area (Å²) in [6, 6.07) is 12.7. The first kappa shape index (κ1) is 25.1. The Morgan fingerprint density at radius 1 is 1.21 bits per heavy atom. The third kappa shape index (κ3) is 4.09. The molecule has 2 atom stereocenters. The monoisotopic (exact) mass is 511 g/mol. The molecule has 2 aromatic carbocycles. The minimum absolute atomic E-state index is 0.0566. The van der Waals surface area contributed by atoms with Gasteiger partial charge in [-0.25, -0.2) is 0 Å². The van der Waals surface area contributed by atoms with Gasteiger partial charge in [0.1, 0.15) is 6.04 Å². The summed E-state index contributed by atoms with van der Waals surface area (Å²) in [5.41, 5.74) is 15.2. The Morgan fingerprint density at radius 2 is 1.84 bits per heavy atom. The van der Waals surface area contributed by atoms with E-state index >= 15 is 0 Å². The number of fused-ring (bicyclic) bond motifs is 3. The van der Waals surface area contributed by atoms with Crippen molar-refractivity contribution in [2.24, 2.45) is 11.5 Å². The van der Waals surface area contributed by atoms with E-state index in [2.05, 4.69) is 50.4 Å². The highest BCUT2D eigenvalue weighted by atomic mass is 16.1. The van der Waals surface area contributed by atoms with Crippen LogP contribution < -0.4 is 16.8 Å². The molecule has 1 aliphatic carbocycles. The van der Waals surface area contributed by atoms with Crippen LogP contribution in [0.2, 0.25) is 0 Å². The van der Waals surface area contributed by atoms with Crippen LogP contribution >= 0.6 is 0 Å². The quantitative estimate of drug-likeness (QED) is 0.334. The molecular weight excluding hydrogens is 482 g/mol. The first-order chi connectivity index (χ1) is 18.3. The van der Waals surface area contributed by atoms with Gasteiger partial charge in [0, 0.05) is 36.0 Å². The second-order valence-electron chi connectivity index (χ2n) is 9.92. The van der Waals surface area contributed by atoms with Crippen molar-refractivity contribution in [1.82, 2.24) is 30.8 Å². The van der Waals surface area contributed by atoms with Gasteiger partial charge in [0.2, 0.25) is 11.8 Å². The number of benzene rings is 2. The number of hydrogen-bond donors (Lipinski definition) is 4. The van der Waals surface area contributed by atoms with Gasteiger partial charge in [-0.2, -0.15) is 10.5 Å². The number of nitriles is 1. The van der Waals surface area contributed by atoms with Crippen molar-refractivity contribution < 1.29 is 9.59 Å². The lowest BCUT2D eigenvalue weighted by atomic mass is 9.72. The van der Waals surface area contributed by atoms with Crippen LogP contribution in [-0.4, -0.2) is 62.5 Å². The van der Waals surface area contributed by atoms with Crippen molar-refractivity contribution in [1.29, 1.82) is 5.26 Å². The Bertz CT molecular complexity index is 1390. The molecular formula is C27H29N9O2. The molecule has 11 nitrogen and oxygen atoms in total. The molecule has 0 bridgehead atoms. The van der Waals surface area contributed by atoms with Crippen LogP contribution in [0.3, 0.4) is 0 Å². The maximum Gasteiger partial charge on any atom is 0.248 e. The van der Waals surface area contributed by atoms with E-state index in [1.807, 2.05) is 12.1 Å². The lowest BCUT2D eigenvalue weighted by Gasteiger charge is -2.33. The number of likely N-dealkylation sites (tertiary alicyclic amines) is 1. The normalized spacial score (nSPS) is 17.9. The molecule has 2 heterocycles. The summed E-state index contributed by atoms with van der Waals surface area (Å²) >= 11 is 0. The van der Waals surface area contributed by atoms with E-state index < -0.39 is 17.2 Å². The van der Waals surface area contributed by atoms with Crippen molar-refractivity contribution >= 4 is 11.8 Å². The lowest BCUT2D eigenvalue weighted by molar-refractivity contribution is 0.0991. The molecule has 6 N–H and O–H groups in total. The zero-order valence-electron chi connectivity index (χ0n) is 21.1. The number of amides is 2. The summed E-state index contributed by atoms with van der Waals surface area (Å²) in [6.07, 6.45) is 2.36. The van der Waals surface area contributed by atoms with Crippen molar-refractivity contribution in [2.75, 3.05) is 13.1 Å².